The predicted octanol–water partition coefficient (Wildman–Crippen LogP) is 7.04. The molecule has 2 aliphatic rings. The van der Waals surface area contributed by atoms with E-state index in [1.165, 1.54) is 23.6 Å². The quantitative estimate of drug-likeness (QED) is 0.201. The van der Waals surface area contributed by atoms with Crippen molar-refractivity contribution in [2.24, 2.45) is 0 Å². The van der Waals surface area contributed by atoms with Gasteiger partial charge in [0.25, 0.3) is 5.69 Å². The molecular formula is C29H37F3N4O2S. The van der Waals surface area contributed by atoms with Gasteiger partial charge < -0.3 is 15.1 Å². The average molecular weight is 563 g/mol. The van der Waals surface area contributed by atoms with E-state index < -0.39 is 22.4 Å². The van der Waals surface area contributed by atoms with E-state index in [9.17, 15) is 23.3 Å². The summed E-state index contributed by atoms with van der Waals surface area (Å²) in [6, 6.07) is 12.2. The van der Waals surface area contributed by atoms with Gasteiger partial charge in [-0.25, -0.2) is 0 Å². The van der Waals surface area contributed by atoms with Gasteiger partial charge in [-0.1, -0.05) is 49.8 Å². The van der Waals surface area contributed by atoms with Crippen molar-refractivity contribution in [1.82, 2.24) is 9.80 Å². The minimum absolute atomic E-state index is 0.0124. The van der Waals surface area contributed by atoms with E-state index in [-0.39, 0.29) is 11.7 Å². The number of aryl methyl sites for hydroxylation is 1. The number of alkyl halides is 3. The van der Waals surface area contributed by atoms with Gasteiger partial charge in [-0.3, -0.25) is 10.1 Å². The van der Waals surface area contributed by atoms with Crippen LogP contribution in [0.5, 0.6) is 0 Å². The van der Waals surface area contributed by atoms with Gasteiger partial charge in [0, 0.05) is 43.9 Å². The highest BCUT2D eigenvalue weighted by Gasteiger charge is 2.38. The molecule has 39 heavy (non-hydrogen) atoms. The lowest BCUT2D eigenvalue weighted by atomic mass is 9.88. The van der Waals surface area contributed by atoms with Crippen LogP contribution in [0.15, 0.2) is 42.5 Å². The lowest BCUT2D eigenvalue weighted by Gasteiger charge is -2.36. The molecule has 10 heteroatoms. The van der Waals surface area contributed by atoms with Crippen LogP contribution >= 0.6 is 12.2 Å². The number of halogens is 3. The Bertz CT molecular complexity index is 1130. The SMILES string of the molecule is CCCc1ccc(C2CCN(CCC(=S)N3CCC(Nc4ccc([N+](=O)[O-])c(C(F)(F)F)c4)CC3)CC2)cc1. The van der Waals surface area contributed by atoms with Gasteiger partial charge in [-0.15, -0.1) is 0 Å². The van der Waals surface area contributed by atoms with E-state index in [0.29, 0.717) is 5.92 Å². The van der Waals surface area contributed by atoms with Crippen LogP contribution in [-0.2, 0) is 12.6 Å². The van der Waals surface area contributed by atoms with Gasteiger partial charge in [-0.2, -0.15) is 13.2 Å². The van der Waals surface area contributed by atoms with Crippen LogP contribution in [0.1, 0.15) is 68.1 Å². The maximum Gasteiger partial charge on any atom is 0.423 e. The standard InChI is InChI=1S/C29H37F3N4O2S/c1-2-3-21-4-6-22(7-5-21)23-10-15-34(16-11-23)17-14-28(39)35-18-12-24(13-19-35)33-25-8-9-27(36(37)38)26(20-25)29(30,31)32/h4-9,20,23-24,33H,2-3,10-19H2,1H3. The van der Waals surface area contributed by atoms with Crippen molar-refractivity contribution < 1.29 is 18.1 Å². The number of benzene rings is 2. The molecule has 6 nitrogen and oxygen atoms in total. The van der Waals surface area contributed by atoms with E-state index >= 15 is 0 Å². The average Bonchev–Trinajstić information content (AvgIpc) is 2.92. The van der Waals surface area contributed by atoms with Crippen LogP contribution in [0.2, 0.25) is 0 Å². The summed E-state index contributed by atoms with van der Waals surface area (Å²) in [5, 5.41) is 14.1. The first-order chi connectivity index (χ1) is 18.6. The van der Waals surface area contributed by atoms with Crippen LogP contribution in [0.4, 0.5) is 24.5 Å². The van der Waals surface area contributed by atoms with Gasteiger partial charge >= 0.3 is 6.18 Å². The van der Waals surface area contributed by atoms with Crippen molar-refractivity contribution in [3.63, 3.8) is 0 Å². The van der Waals surface area contributed by atoms with Crippen LogP contribution in [-0.4, -0.2) is 58.5 Å². The number of likely N-dealkylation sites (tertiary alicyclic amines) is 2. The summed E-state index contributed by atoms with van der Waals surface area (Å²) in [7, 11) is 0. The lowest BCUT2D eigenvalue weighted by molar-refractivity contribution is -0.388. The summed E-state index contributed by atoms with van der Waals surface area (Å²) in [6.45, 7) is 6.79. The topological polar surface area (TPSA) is 61.6 Å². The summed E-state index contributed by atoms with van der Waals surface area (Å²) in [5.74, 6) is 0.623. The number of anilines is 1. The number of rotatable bonds is 9. The second-order valence-electron chi connectivity index (χ2n) is 10.6. The molecule has 0 bridgehead atoms. The Labute approximate surface area is 233 Å². The molecule has 2 aliphatic heterocycles. The van der Waals surface area contributed by atoms with E-state index in [1.807, 2.05) is 0 Å². The van der Waals surface area contributed by atoms with Crippen molar-refractivity contribution >= 4 is 28.6 Å². The lowest BCUT2D eigenvalue weighted by Crippen LogP contribution is -2.43. The number of nitrogens with zero attached hydrogens (tertiary/aromatic N) is 3. The Morgan fingerprint density at radius 1 is 1.05 bits per heavy atom. The first-order valence-corrected chi connectivity index (χ1v) is 14.3. The number of thiocarbonyl (C=S) groups is 1. The van der Waals surface area contributed by atoms with E-state index in [0.717, 1.165) is 88.4 Å². The molecule has 0 unspecified atom stereocenters. The Balaban J connectivity index is 1.19. The summed E-state index contributed by atoms with van der Waals surface area (Å²) in [6.07, 6.45) is 2.15. The molecule has 2 fully saturated rings. The molecule has 0 amide bonds. The fourth-order valence-corrected chi connectivity index (χ4v) is 5.94. The van der Waals surface area contributed by atoms with Crippen molar-refractivity contribution in [1.29, 1.82) is 0 Å². The zero-order valence-corrected chi connectivity index (χ0v) is 23.2. The monoisotopic (exact) mass is 562 g/mol. The van der Waals surface area contributed by atoms with Gasteiger partial charge in [0.1, 0.15) is 5.56 Å². The fourth-order valence-electron chi connectivity index (χ4n) is 5.67. The normalized spacial score (nSPS) is 17.8. The summed E-state index contributed by atoms with van der Waals surface area (Å²) >= 11 is 5.73. The van der Waals surface area contributed by atoms with Crippen LogP contribution in [0, 0.1) is 10.1 Å². The highest BCUT2D eigenvalue weighted by atomic mass is 32.1. The minimum Gasteiger partial charge on any atom is -0.382 e. The van der Waals surface area contributed by atoms with Gasteiger partial charge in [-0.05, 0) is 74.4 Å². The Morgan fingerprint density at radius 3 is 2.31 bits per heavy atom. The Morgan fingerprint density at radius 2 is 1.72 bits per heavy atom. The van der Waals surface area contributed by atoms with Crippen LogP contribution in [0.25, 0.3) is 0 Å². The van der Waals surface area contributed by atoms with Crippen molar-refractivity contribution in [2.45, 2.75) is 70.0 Å². The zero-order valence-electron chi connectivity index (χ0n) is 22.4. The summed E-state index contributed by atoms with van der Waals surface area (Å²) in [5.41, 5.74) is 0.941. The first-order valence-electron chi connectivity index (χ1n) is 13.8. The molecule has 2 aromatic carbocycles. The maximum absolute atomic E-state index is 13.3. The van der Waals surface area contributed by atoms with Gasteiger partial charge in [0.15, 0.2) is 0 Å². The molecule has 212 valence electrons. The van der Waals surface area contributed by atoms with Crippen molar-refractivity contribution in [3.05, 3.63) is 69.3 Å². The number of nitrogens with one attached hydrogen (secondary N) is 1. The van der Waals surface area contributed by atoms with Crippen LogP contribution in [0.3, 0.4) is 0 Å². The highest BCUT2D eigenvalue weighted by Crippen LogP contribution is 2.38. The molecule has 2 aromatic rings. The smallest absolute Gasteiger partial charge is 0.382 e. The first kappa shape index (κ1) is 29.3. The third-order valence-corrected chi connectivity index (χ3v) is 8.40. The number of nitro groups is 1. The molecule has 0 aliphatic carbocycles. The third-order valence-electron chi connectivity index (χ3n) is 7.94. The minimum atomic E-state index is -4.79. The Kier molecular flexibility index (Phi) is 9.82. The molecule has 2 heterocycles. The van der Waals surface area contributed by atoms with Gasteiger partial charge in [0.05, 0.1) is 9.91 Å². The Hall–Kier alpha value is -2.72. The second-order valence-corrected chi connectivity index (χ2v) is 11.1. The summed E-state index contributed by atoms with van der Waals surface area (Å²) in [4.78, 5) is 15.6. The molecule has 0 aromatic heterocycles. The molecule has 0 saturated carbocycles. The number of piperidine rings is 2. The molecule has 0 spiro atoms. The predicted molar refractivity (Wildman–Crippen MR) is 152 cm³/mol. The highest BCUT2D eigenvalue weighted by molar-refractivity contribution is 7.80. The maximum atomic E-state index is 13.3. The summed E-state index contributed by atoms with van der Waals surface area (Å²) < 4.78 is 39.9. The third kappa shape index (κ3) is 7.91. The van der Waals surface area contributed by atoms with Crippen molar-refractivity contribution in [3.8, 4) is 0 Å². The van der Waals surface area contributed by atoms with E-state index in [4.69, 9.17) is 12.2 Å². The second kappa shape index (κ2) is 13.1. The molecule has 2 saturated heterocycles. The molecule has 1 N–H and O–H groups in total. The number of hydrogen-bond acceptors (Lipinski definition) is 5. The van der Waals surface area contributed by atoms with Crippen molar-refractivity contribution in [2.75, 3.05) is 38.0 Å². The van der Waals surface area contributed by atoms with E-state index in [2.05, 4.69) is 46.3 Å². The van der Waals surface area contributed by atoms with Crippen LogP contribution < -0.4 is 5.32 Å². The number of nitro benzene ring substituents is 1. The largest absolute Gasteiger partial charge is 0.423 e. The number of hydrogen-bond donors (Lipinski definition) is 1. The molecular weight excluding hydrogens is 525 g/mol. The molecule has 4 rings (SSSR count). The van der Waals surface area contributed by atoms with Gasteiger partial charge in [0.2, 0.25) is 0 Å². The molecule has 0 radical (unpaired) electrons. The fraction of sp³-hybridized carbons (Fsp3) is 0.552. The zero-order chi connectivity index (χ0) is 28.0. The molecule has 0 atom stereocenters. The van der Waals surface area contributed by atoms with E-state index in [1.54, 1.807) is 0 Å².